The molecule has 4 aliphatic rings. The molecule has 4 saturated carbocycles. The van der Waals surface area contributed by atoms with Crippen LogP contribution in [0.1, 0.15) is 51.4 Å². The zero-order valence-electron chi connectivity index (χ0n) is 10.2. The van der Waals surface area contributed by atoms with E-state index in [1.807, 2.05) is 6.07 Å². The van der Waals surface area contributed by atoms with Gasteiger partial charge < -0.3 is 4.74 Å². The molecule has 0 heterocycles. The summed E-state index contributed by atoms with van der Waals surface area (Å²) in [5.74, 6) is 2.23. The van der Waals surface area contributed by atoms with Gasteiger partial charge in [-0.15, -0.1) is 0 Å². The van der Waals surface area contributed by atoms with Crippen molar-refractivity contribution in [2.45, 2.75) is 57.0 Å². The number of rotatable bonds is 3. The Morgan fingerprint density at radius 1 is 1.18 bits per heavy atom. The van der Waals surface area contributed by atoms with E-state index in [0.29, 0.717) is 0 Å². The van der Waals surface area contributed by atoms with Crippen molar-refractivity contribution in [2.75, 3.05) is 0 Å². The maximum Gasteiger partial charge on any atom is 0.307 e. The number of carbonyl (C=O) groups is 1. The lowest BCUT2D eigenvalue weighted by atomic mass is 9.54. The Kier molecular flexibility index (Phi) is 2.61. The third-order valence-electron chi connectivity index (χ3n) is 4.75. The number of hydrogen-bond donors (Lipinski definition) is 0. The molecule has 0 amide bonds. The number of hydrogen-bond acceptors (Lipinski definition) is 3. The predicted octanol–water partition coefficient (Wildman–Crippen LogP) is 2.80. The van der Waals surface area contributed by atoms with E-state index < -0.39 is 0 Å². The number of esters is 1. The molecule has 4 fully saturated rings. The highest BCUT2D eigenvalue weighted by Gasteiger charge is 2.53. The molecule has 4 aliphatic carbocycles. The molecule has 0 spiro atoms. The first-order valence-electron chi connectivity index (χ1n) is 6.78. The van der Waals surface area contributed by atoms with Gasteiger partial charge in [0.15, 0.2) is 0 Å². The Labute approximate surface area is 102 Å². The minimum absolute atomic E-state index is 0.138. The van der Waals surface area contributed by atoms with Gasteiger partial charge in [0.05, 0.1) is 12.5 Å². The second-order valence-electron chi connectivity index (χ2n) is 6.23. The van der Waals surface area contributed by atoms with E-state index >= 15 is 0 Å². The molecule has 0 aromatic rings. The van der Waals surface area contributed by atoms with Crippen LogP contribution in [0.5, 0.6) is 0 Å². The molecule has 92 valence electrons. The summed E-state index contributed by atoms with van der Waals surface area (Å²) >= 11 is 0. The lowest BCUT2D eigenvalue weighted by molar-refractivity contribution is -0.186. The van der Waals surface area contributed by atoms with Crippen molar-refractivity contribution in [3.05, 3.63) is 0 Å². The monoisotopic (exact) mass is 233 g/mol. The highest BCUT2D eigenvalue weighted by Crippen LogP contribution is 2.57. The lowest BCUT2D eigenvalue weighted by Gasteiger charge is -2.55. The van der Waals surface area contributed by atoms with Gasteiger partial charge in [-0.05, 0) is 56.3 Å². The summed E-state index contributed by atoms with van der Waals surface area (Å²) in [5, 5.41) is 8.49. The van der Waals surface area contributed by atoms with E-state index in [4.69, 9.17) is 10.00 Å². The van der Waals surface area contributed by atoms with Crippen LogP contribution in [0.3, 0.4) is 0 Å². The van der Waals surface area contributed by atoms with Crippen molar-refractivity contribution in [3.63, 3.8) is 0 Å². The van der Waals surface area contributed by atoms with Crippen molar-refractivity contribution in [1.29, 1.82) is 5.26 Å². The van der Waals surface area contributed by atoms with Crippen LogP contribution < -0.4 is 0 Å². The van der Waals surface area contributed by atoms with Crippen LogP contribution in [0.4, 0.5) is 0 Å². The number of ether oxygens (including phenoxy) is 1. The second kappa shape index (κ2) is 4.01. The van der Waals surface area contributed by atoms with E-state index in [0.717, 1.165) is 37.0 Å². The van der Waals surface area contributed by atoms with E-state index in [-0.39, 0.29) is 24.4 Å². The van der Waals surface area contributed by atoms with Crippen LogP contribution in [0, 0.1) is 29.1 Å². The molecule has 0 saturated heterocycles. The average molecular weight is 233 g/mol. The third kappa shape index (κ3) is 2.06. The smallest absolute Gasteiger partial charge is 0.307 e. The van der Waals surface area contributed by atoms with Gasteiger partial charge in [0.1, 0.15) is 5.60 Å². The van der Waals surface area contributed by atoms with E-state index in [1.165, 1.54) is 19.3 Å². The van der Waals surface area contributed by atoms with Crippen LogP contribution in [-0.2, 0) is 9.53 Å². The molecule has 0 radical (unpaired) electrons. The zero-order valence-corrected chi connectivity index (χ0v) is 10.2. The fourth-order valence-electron chi connectivity index (χ4n) is 4.61. The number of carbonyl (C=O) groups excluding carboxylic acids is 1. The Bertz CT molecular complexity index is 334. The van der Waals surface area contributed by atoms with Crippen molar-refractivity contribution in [2.24, 2.45) is 17.8 Å². The normalized spacial score (nSPS) is 42.2. The summed E-state index contributed by atoms with van der Waals surface area (Å²) in [4.78, 5) is 11.7. The van der Waals surface area contributed by atoms with Crippen molar-refractivity contribution >= 4 is 5.97 Å². The van der Waals surface area contributed by atoms with Crippen LogP contribution in [0.25, 0.3) is 0 Å². The first kappa shape index (κ1) is 11.1. The molecule has 3 nitrogen and oxygen atoms in total. The number of nitriles is 1. The Morgan fingerprint density at radius 3 is 2.18 bits per heavy atom. The van der Waals surface area contributed by atoms with Crippen LogP contribution >= 0.6 is 0 Å². The standard InChI is InChI=1S/C14H19NO2/c15-3-1-2-13(16)17-14-7-10-4-11(8-14)6-12(5-10)9-14/h10-12H,1-2,4-9H2. The Balaban J connectivity index is 1.66. The maximum atomic E-state index is 11.7. The minimum atomic E-state index is -0.159. The molecule has 4 bridgehead atoms. The molecule has 0 aromatic heterocycles. The molecule has 17 heavy (non-hydrogen) atoms. The summed E-state index contributed by atoms with van der Waals surface area (Å²) in [7, 11) is 0. The molecular weight excluding hydrogens is 214 g/mol. The molecule has 0 aliphatic heterocycles. The molecule has 0 atom stereocenters. The molecular formula is C14H19NO2. The van der Waals surface area contributed by atoms with E-state index in [1.54, 1.807) is 0 Å². The van der Waals surface area contributed by atoms with Gasteiger partial charge in [0, 0.05) is 6.42 Å². The Hall–Kier alpha value is -1.04. The van der Waals surface area contributed by atoms with Gasteiger partial charge in [-0.1, -0.05) is 0 Å². The molecule has 3 heteroatoms. The molecule has 4 rings (SSSR count). The SMILES string of the molecule is N#CCCC(=O)OC12CC3CC(CC(C3)C1)C2. The topological polar surface area (TPSA) is 50.1 Å². The number of nitrogens with zero attached hydrogens (tertiary/aromatic N) is 1. The van der Waals surface area contributed by atoms with Gasteiger partial charge in [-0.25, -0.2) is 0 Å². The average Bonchev–Trinajstić information content (AvgIpc) is 2.23. The minimum Gasteiger partial charge on any atom is -0.459 e. The summed E-state index contributed by atoms with van der Waals surface area (Å²) in [6.07, 6.45) is 7.86. The van der Waals surface area contributed by atoms with Gasteiger partial charge in [-0.3, -0.25) is 4.79 Å². The Morgan fingerprint density at radius 2 is 1.71 bits per heavy atom. The second-order valence-corrected chi connectivity index (χ2v) is 6.23. The van der Waals surface area contributed by atoms with Crippen LogP contribution in [0.2, 0.25) is 0 Å². The van der Waals surface area contributed by atoms with Crippen molar-refractivity contribution < 1.29 is 9.53 Å². The summed E-state index contributed by atoms with van der Waals surface area (Å²) < 4.78 is 5.76. The predicted molar refractivity (Wildman–Crippen MR) is 61.8 cm³/mol. The van der Waals surface area contributed by atoms with Crippen LogP contribution in [0.15, 0.2) is 0 Å². The molecule has 0 aromatic carbocycles. The van der Waals surface area contributed by atoms with Gasteiger partial charge >= 0.3 is 5.97 Å². The van der Waals surface area contributed by atoms with E-state index in [2.05, 4.69) is 0 Å². The first-order valence-corrected chi connectivity index (χ1v) is 6.78. The van der Waals surface area contributed by atoms with Crippen molar-refractivity contribution in [3.8, 4) is 6.07 Å². The maximum absolute atomic E-state index is 11.7. The largest absolute Gasteiger partial charge is 0.459 e. The first-order chi connectivity index (χ1) is 8.19. The molecule has 0 N–H and O–H groups in total. The highest BCUT2D eigenvalue weighted by atomic mass is 16.6. The van der Waals surface area contributed by atoms with Gasteiger partial charge in [0.25, 0.3) is 0 Å². The fraction of sp³-hybridized carbons (Fsp3) is 0.857. The molecule has 0 unspecified atom stereocenters. The summed E-state index contributed by atoms with van der Waals surface area (Å²) in [5.41, 5.74) is -0.138. The zero-order chi connectivity index (χ0) is 11.9. The summed E-state index contributed by atoms with van der Waals surface area (Å²) in [6, 6.07) is 2.01. The van der Waals surface area contributed by atoms with Gasteiger partial charge in [-0.2, -0.15) is 5.26 Å². The van der Waals surface area contributed by atoms with Crippen LogP contribution in [-0.4, -0.2) is 11.6 Å². The van der Waals surface area contributed by atoms with Crippen molar-refractivity contribution in [1.82, 2.24) is 0 Å². The van der Waals surface area contributed by atoms with Gasteiger partial charge in [0.2, 0.25) is 0 Å². The fourth-order valence-corrected chi connectivity index (χ4v) is 4.61. The third-order valence-corrected chi connectivity index (χ3v) is 4.75. The van der Waals surface area contributed by atoms with E-state index in [9.17, 15) is 4.79 Å². The quantitative estimate of drug-likeness (QED) is 0.704. The summed E-state index contributed by atoms with van der Waals surface area (Å²) in [6.45, 7) is 0. The lowest BCUT2D eigenvalue weighted by Crippen LogP contribution is -2.52. The highest BCUT2D eigenvalue weighted by molar-refractivity contribution is 5.70.